The second kappa shape index (κ2) is 6.59. The molecule has 0 fully saturated rings. The lowest BCUT2D eigenvalue weighted by Gasteiger charge is -2.16. The molecule has 0 atom stereocenters. The van der Waals surface area contributed by atoms with E-state index in [0.717, 1.165) is 0 Å². The first-order valence-electron chi connectivity index (χ1n) is 5.17. The molecule has 1 amide bonds. The molecule has 6 heteroatoms. The molecule has 0 aromatic heterocycles. The molecule has 18 heavy (non-hydrogen) atoms. The minimum atomic E-state index is -0.724. The minimum absolute atomic E-state index is 0.00184. The third kappa shape index (κ3) is 3.45. The average molecular weight is 250 g/mol. The molecule has 1 aromatic carbocycles. The summed E-state index contributed by atoms with van der Waals surface area (Å²) in [6, 6.07) is 6.22. The van der Waals surface area contributed by atoms with Gasteiger partial charge in [-0.1, -0.05) is 0 Å². The van der Waals surface area contributed by atoms with Crippen molar-refractivity contribution in [2.75, 3.05) is 19.5 Å². The number of carbonyl (C=O) groups excluding carboxylic acids is 1. The van der Waals surface area contributed by atoms with Crippen molar-refractivity contribution >= 4 is 11.6 Å². The second-order valence-electron chi connectivity index (χ2n) is 3.46. The molecule has 0 bridgehead atoms. The van der Waals surface area contributed by atoms with Gasteiger partial charge in [0.2, 0.25) is 5.91 Å². The fourth-order valence-corrected chi connectivity index (χ4v) is 1.45. The molecule has 0 radical (unpaired) electrons. The molecule has 0 heterocycles. The quantitative estimate of drug-likeness (QED) is 0.610. The monoisotopic (exact) mass is 250 g/mol. The zero-order valence-corrected chi connectivity index (χ0v) is 10.1. The van der Waals surface area contributed by atoms with E-state index >= 15 is 0 Å². The fourth-order valence-electron chi connectivity index (χ4n) is 1.45. The highest BCUT2D eigenvalue weighted by molar-refractivity contribution is 5.92. The Kier molecular flexibility index (Phi) is 5.11. The first-order chi connectivity index (χ1) is 8.62. The van der Waals surface area contributed by atoms with Gasteiger partial charge in [-0.05, 0) is 18.2 Å². The van der Waals surface area contributed by atoms with E-state index in [-0.39, 0.29) is 12.2 Å². The molecule has 6 nitrogen and oxygen atoms in total. The summed E-state index contributed by atoms with van der Waals surface area (Å²) < 4.78 is 10.1. The molecule has 0 aliphatic heterocycles. The maximum atomic E-state index is 11.3. The number of phenols is 1. The number of methoxy groups -OCH3 is 2. The van der Waals surface area contributed by atoms with Crippen LogP contribution in [0.15, 0.2) is 18.2 Å². The van der Waals surface area contributed by atoms with Crippen molar-refractivity contribution in [2.45, 2.75) is 12.7 Å². The smallest absolute Gasteiger partial charge is 0.238 e. The van der Waals surface area contributed by atoms with Gasteiger partial charge >= 0.3 is 0 Å². The highest BCUT2D eigenvalue weighted by Crippen LogP contribution is 2.29. The third-order valence-electron chi connectivity index (χ3n) is 2.23. The average Bonchev–Trinajstić information content (AvgIpc) is 2.35. The Hall–Kier alpha value is -2.10. The molecule has 0 unspecified atom stereocenters. The van der Waals surface area contributed by atoms with Crippen molar-refractivity contribution in [1.82, 2.24) is 0 Å². The summed E-state index contributed by atoms with van der Waals surface area (Å²) in [5.74, 6) is -0.414. The topological polar surface area (TPSA) is 91.6 Å². The minimum Gasteiger partial charge on any atom is -0.507 e. The zero-order chi connectivity index (χ0) is 13.5. The van der Waals surface area contributed by atoms with Crippen LogP contribution in [0.25, 0.3) is 0 Å². The SMILES string of the molecule is COC(OC)c1cc(NC(=O)CC#N)ccc1O. The summed E-state index contributed by atoms with van der Waals surface area (Å²) in [5.41, 5.74) is 0.858. The van der Waals surface area contributed by atoms with Gasteiger partial charge in [-0.15, -0.1) is 0 Å². The summed E-state index contributed by atoms with van der Waals surface area (Å²) in [7, 11) is 2.88. The van der Waals surface area contributed by atoms with Crippen LogP contribution in [0.5, 0.6) is 5.75 Å². The van der Waals surface area contributed by atoms with Crippen molar-refractivity contribution in [2.24, 2.45) is 0 Å². The van der Waals surface area contributed by atoms with Crippen LogP contribution in [-0.4, -0.2) is 25.2 Å². The Balaban J connectivity index is 2.93. The Morgan fingerprint density at radius 3 is 2.72 bits per heavy atom. The maximum Gasteiger partial charge on any atom is 0.238 e. The lowest BCUT2D eigenvalue weighted by Crippen LogP contribution is -2.11. The number of nitrogens with zero attached hydrogens (tertiary/aromatic N) is 1. The van der Waals surface area contributed by atoms with E-state index in [1.54, 1.807) is 6.07 Å². The zero-order valence-electron chi connectivity index (χ0n) is 10.1. The van der Waals surface area contributed by atoms with E-state index in [2.05, 4.69) is 5.32 Å². The predicted molar refractivity (Wildman–Crippen MR) is 63.7 cm³/mol. The third-order valence-corrected chi connectivity index (χ3v) is 2.23. The highest BCUT2D eigenvalue weighted by Gasteiger charge is 2.15. The van der Waals surface area contributed by atoms with Crippen LogP contribution in [0.3, 0.4) is 0 Å². The number of rotatable bonds is 5. The van der Waals surface area contributed by atoms with Gasteiger partial charge in [0.05, 0.1) is 11.6 Å². The number of carbonyl (C=O) groups is 1. The van der Waals surface area contributed by atoms with Crippen LogP contribution in [0.2, 0.25) is 0 Å². The Morgan fingerprint density at radius 1 is 1.50 bits per heavy atom. The van der Waals surface area contributed by atoms with E-state index in [1.165, 1.54) is 32.4 Å². The van der Waals surface area contributed by atoms with Crippen LogP contribution in [0.1, 0.15) is 18.3 Å². The molecule has 1 rings (SSSR count). The normalized spacial score (nSPS) is 10.1. The largest absolute Gasteiger partial charge is 0.507 e. The first kappa shape index (κ1) is 14.0. The van der Waals surface area contributed by atoms with Gasteiger partial charge in [0.1, 0.15) is 12.2 Å². The number of nitriles is 1. The van der Waals surface area contributed by atoms with Gasteiger partial charge in [-0.25, -0.2) is 0 Å². The molecule has 0 saturated heterocycles. The first-order valence-corrected chi connectivity index (χ1v) is 5.17. The molecule has 0 aliphatic rings. The predicted octanol–water partition coefficient (Wildman–Crippen LogP) is 1.54. The molecule has 0 saturated carbocycles. The molecule has 2 N–H and O–H groups in total. The van der Waals surface area contributed by atoms with Crippen LogP contribution >= 0.6 is 0 Å². The van der Waals surface area contributed by atoms with E-state index < -0.39 is 12.2 Å². The van der Waals surface area contributed by atoms with Crippen LogP contribution in [-0.2, 0) is 14.3 Å². The Labute approximate surface area is 105 Å². The summed E-state index contributed by atoms with van der Waals surface area (Å²) >= 11 is 0. The van der Waals surface area contributed by atoms with Gasteiger partial charge < -0.3 is 19.9 Å². The maximum absolute atomic E-state index is 11.3. The Morgan fingerprint density at radius 2 is 2.17 bits per heavy atom. The van der Waals surface area contributed by atoms with Crippen molar-refractivity contribution in [1.29, 1.82) is 5.26 Å². The van der Waals surface area contributed by atoms with Crippen LogP contribution in [0.4, 0.5) is 5.69 Å². The number of phenolic OH excluding ortho intramolecular Hbond substituents is 1. The number of aromatic hydroxyl groups is 1. The summed E-state index contributed by atoms with van der Waals surface area (Å²) in [5, 5.41) is 20.6. The number of hydrogen-bond donors (Lipinski definition) is 2. The molecular weight excluding hydrogens is 236 g/mol. The number of nitrogens with one attached hydrogen (secondary N) is 1. The van der Waals surface area contributed by atoms with Gasteiger partial charge in [0.15, 0.2) is 6.29 Å². The van der Waals surface area contributed by atoms with Gasteiger partial charge in [-0.2, -0.15) is 5.26 Å². The lowest BCUT2D eigenvalue weighted by atomic mass is 10.1. The van der Waals surface area contributed by atoms with E-state index in [1.807, 2.05) is 0 Å². The van der Waals surface area contributed by atoms with Crippen LogP contribution in [0, 0.1) is 11.3 Å². The van der Waals surface area contributed by atoms with Gasteiger partial charge in [0, 0.05) is 19.9 Å². The number of hydrogen-bond acceptors (Lipinski definition) is 5. The number of ether oxygens (including phenoxy) is 2. The second-order valence-corrected chi connectivity index (χ2v) is 3.46. The highest BCUT2D eigenvalue weighted by atomic mass is 16.7. The molecule has 96 valence electrons. The summed E-state index contributed by atoms with van der Waals surface area (Å²) in [6.45, 7) is 0. The van der Waals surface area contributed by atoms with E-state index in [9.17, 15) is 9.90 Å². The number of anilines is 1. The van der Waals surface area contributed by atoms with Gasteiger partial charge in [-0.3, -0.25) is 4.79 Å². The van der Waals surface area contributed by atoms with Crippen molar-refractivity contribution < 1.29 is 19.4 Å². The van der Waals surface area contributed by atoms with E-state index in [0.29, 0.717) is 11.3 Å². The molecule has 0 spiro atoms. The van der Waals surface area contributed by atoms with Gasteiger partial charge in [0.25, 0.3) is 0 Å². The molecular formula is C12H14N2O4. The van der Waals surface area contributed by atoms with E-state index in [4.69, 9.17) is 14.7 Å². The molecule has 0 aliphatic carbocycles. The van der Waals surface area contributed by atoms with Crippen molar-refractivity contribution in [3.05, 3.63) is 23.8 Å². The molecule has 1 aromatic rings. The number of benzene rings is 1. The van der Waals surface area contributed by atoms with Crippen molar-refractivity contribution in [3.8, 4) is 11.8 Å². The number of amides is 1. The van der Waals surface area contributed by atoms with Crippen molar-refractivity contribution in [3.63, 3.8) is 0 Å². The lowest BCUT2D eigenvalue weighted by molar-refractivity contribution is -0.115. The fraction of sp³-hybridized carbons (Fsp3) is 0.333. The van der Waals surface area contributed by atoms with Crippen LogP contribution < -0.4 is 5.32 Å². The summed E-state index contributed by atoms with van der Waals surface area (Å²) in [4.78, 5) is 11.3. The Bertz CT molecular complexity index is 464. The summed E-state index contributed by atoms with van der Waals surface area (Å²) in [6.07, 6.45) is -0.952. The standard InChI is InChI=1S/C12H14N2O4/c1-17-12(18-2)9-7-8(3-4-10(9)15)14-11(16)5-6-13/h3-4,7,12,15H,5H2,1-2H3,(H,14,16).